The van der Waals surface area contributed by atoms with Crippen LogP contribution in [0.5, 0.6) is 0 Å². The van der Waals surface area contributed by atoms with E-state index in [9.17, 15) is 9.59 Å². The second-order valence-corrected chi connectivity index (χ2v) is 5.10. The van der Waals surface area contributed by atoms with Gasteiger partial charge in [0.1, 0.15) is 5.54 Å². The van der Waals surface area contributed by atoms with Crippen molar-refractivity contribution in [1.29, 1.82) is 0 Å². The molecule has 7 heteroatoms. The summed E-state index contributed by atoms with van der Waals surface area (Å²) in [5.41, 5.74) is 10.6. The first-order chi connectivity index (χ1) is 8.83. The number of carbonyl (C=O) groups excluding carboxylic acids is 1. The molecule has 0 aliphatic carbocycles. The molecule has 1 aromatic rings. The third kappa shape index (κ3) is 2.50. The normalized spacial score (nSPS) is 22.5. The molecule has 1 saturated heterocycles. The molecule has 0 saturated carbocycles. The number of aliphatic carboxylic acids is 1. The molecule has 0 spiro atoms. The summed E-state index contributed by atoms with van der Waals surface area (Å²) in [6, 6.07) is 4.74. The van der Waals surface area contributed by atoms with E-state index in [1.807, 2.05) is 0 Å². The highest BCUT2D eigenvalue weighted by atomic mass is 35.5. The molecule has 6 nitrogen and oxygen atoms in total. The van der Waals surface area contributed by atoms with Crippen molar-refractivity contribution in [2.24, 2.45) is 11.5 Å². The van der Waals surface area contributed by atoms with E-state index in [0.717, 1.165) is 0 Å². The summed E-state index contributed by atoms with van der Waals surface area (Å²) >= 11 is 5.83. The number of nitrogens with zero attached hydrogens (tertiary/aromatic N) is 1. The van der Waals surface area contributed by atoms with Crippen LogP contribution in [0.2, 0.25) is 5.02 Å². The standard InChI is InChI=1S/C12H14ClN3O3/c13-7-1-2-9(8(5-7)10(14)17)16-4-3-12(15,6-16)11(18)19/h1-2,5H,3-4,6,15H2,(H2,14,17)(H,18,19). The SMILES string of the molecule is NC(=O)c1cc(Cl)ccc1N1CCC(N)(C(=O)O)C1. The number of amides is 1. The number of hydrogen-bond donors (Lipinski definition) is 3. The van der Waals surface area contributed by atoms with Gasteiger partial charge in [0.05, 0.1) is 5.56 Å². The maximum atomic E-state index is 11.4. The Morgan fingerprint density at radius 1 is 1.42 bits per heavy atom. The topological polar surface area (TPSA) is 110 Å². The van der Waals surface area contributed by atoms with Gasteiger partial charge in [-0.15, -0.1) is 0 Å². The number of carboxylic acid groups (broad SMARTS) is 1. The number of rotatable bonds is 3. The van der Waals surface area contributed by atoms with E-state index in [4.69, 9.17) is 28.2 Å². The molecule has 102 valence electrons. The van der Waals surface area contributed by atoms with Gasteiger partial charge in [-0.05, 0) is 24.6 Å². The highest BCUT2D eigenvalue weighted by Crippen LogP contribution is 2.30. The van der Waals surface area contributed by atoms with Crippen LogP contribution >= 0.6 is 11.6 Å². The molecule has 1 atom stereocenters. The Morgan fingerprint density at radius 3 is 2.63 bits per heavy atom. The van der Waals surface area contributed by atoms with Crippen LogP contribution in [0.3, 0.4) is 0 Å². The molecule has 2 rings (SSSR count). The first-order valence-electron chi connectivity index (χ1n) is 5.70. The number of primary amides is 1. The predicted octanol–water partition coefficient (Wildman–Crippen LogP) is 0.431. The second-order valence-electron chi connectivity index (χ2n) is 4.66. The van der Waals surface area contributed by atoms with Crippen molar-refractivity contribution in [3.05, 3.63) is 28.8 Å². The van der Waals surface area contributed by atoms with E-state index in [-0.39, 0.29) is 12.1 Å². The summed E-state index contributed by atoms with van der Waals surface area (Å²) in [7, 11) is 0. The van der Waals surface area contributed by atoms with Crippen LogP contribution in [0, 0.1) is 0 Å². The van der Waals surface area contributed by atoms with Gasteiger partial charge in [-0.1, -0.05) is 11.6 Å². The first-order valence-corrected chi connectivity index (χ1v) is 6.08. The van der Waals surface area contributed by atoms with E-state index in [1.165, 1.54) is 6.07 Å². The summed E-state index contributed by atoms with van der Waals surface area (Å²) < 4.78 is 0. The maximum absolute atomic E-state index is 11.4. The highest BCUT2D eigenvalue weighted by Gasteiger charge is 2.42. The third-order valence-corrected chi connectivity index (χ3v) is 3.53. The summed E-state index contributed by atoms with van der Waals surface area (Å²) in [5, 5.41) is 9.49. The average molecular weight is 284 g/mol. The Balaban J connectivity index is 2.34. The van der Waals surface area contributed by atoms with Gasteiger partial charge < -0.3 is 21.5 Å². The zero-order valence-electron chi connectivity index (χ0n) is 10.1. The number of halogens is 1. The molecule has 19 heavy (non-hydrogen) atoms. The largest absolute Gasteiger partial charge is 0.480 e. The Hall–Kier alpha value is -1.79. The van der Waals surface area contributed by atoms with Crippen molar-refractivity contribution in [2.45, 2.75) is 12.0 Å². The first kappa shape index (κ1) is 13.6. The van der Waals surface area contributed by atoms with E-state index in [2.05, 4.69) is 0 Å². The summed E-state index contributed by atoms with van der Waals surface area (Å²) in [4.78, 5) is 24.3. The molecular formula is C12H14ClN3O3. The van der Waals surface area contributed by atoms with Crippen molar-refractivity contribution < 1.29 is 14.7 Å². The molecule has 1 aliphatic heterocycles. The van der Waals surface area contributed by atoms with Gasteiger partial charge in [-0.2, -0.15) is 0 Å². The van der Waals surface area contributed by atoms with Gasteiger partial charge in [0.2, 0.25) is 0 Å². The lowest BCUT2D eigenvalue weighted by Crippen LogP contribution is -2.50. The Labute approximate surface area is 114 Å². The fourth-order valence-electron chi connectivity index (χ4n) is 2.19. The van der Waals surface area contributed by atoms with E-state index >= 15 is 0 Å². The fourth-order valence-corrected chi connectivity index (χ4v) is 2.37. The van der Waals surface area contributed by atoms with Crippen molar-refractivity contribution in [3.63, 3.8) is 0 Å². The van der Waals surface area contributed by atoms with Crippen molar-refractivity contribution >= 4 is 29.2 Å². The third-order valence-electron chi connectivity index (χ3n) is 3.29. The number of nitrogens with two attached hydrogens (primary N) is 2. The lowest BCUT2D eigenvalue weighted by Gasteiger charge is -2.23. The second kappa shape index (κ2) is 4.71. The molecule has 1 amide bonds. The molecule has 1 aromatic carbocycles. The van der Waals surface area contributed by atoms with E-state index in [1.54, 1.807) is 17.0 Å². The van der Waals surface area contributed by atoms with Crippen LogP contribution in [-0.4, -0.2) is 35.6 Å². The predicted molar refractivity (Wildman–Crippen MR) is 71.4 cm³/mol. The molecular weight excluding hydrogens is 270 g/mol. The van der Waals surface area contributed by atoms with Crippen LogP contribution in [0.4, 0.5) is 5.69 Å². The molecule has 0 bridgehead atoms. The minimum absolute atomic E-state index is 0.129. The van der Waals surface area contributed by atoms with Crippen molar-refractivity contribution in [3.8, 4) is 0 Å². The minimum atomic E-state index is -1.30. The van der Waals surface area contributed by atoms with Crippen molar-refractivity contribution in [2.75, 3.05) is 18.0 Å². The molecule has 0 radical (unpaired) electrons. The summed E-state index contributed by atoms with van der Waals surface area (Å²) in [6.45, 7) is 0.578. The van der Waals surface area contributed by atoms with Gasteiger partial charge in [-0.3, -0.25) is 9.59 Å². The molecule has 1 heterocycles. The van der Waals surface area contributed by atoms with Gasteiger partial charge in [0.15, 0.2) is 0 Å². The smallest absolute Gasteiger partial charge is 0.325 e. The lowest BCUT2D eigenvalue weighted by atomic mass is 10.0. The number of carbonyl (C=O) groups is 2. The molecule has 0 aromatic heterocycles. The fraction of sp³-hybridized carbons (Fsp3) is 0.333. The number of anilines is 1. The zero-order chi connectivity index (χ0) is 14.2. The van der Waals surface area contributed by atoms with E-state index in [0.29, 0.717) is 23.7 Å². The van der Waals surface area contributed by atoms with Gasteiger partial charge in [-0.25, -0.2) is 0 Å². The molecule has 1 unspecified atom stereocenters. The summed E-state index contributed by atoms with van der Waals surface area (Å²) in [5.74, 6) is -1.66. The van der Waals surface area contributed by atoms with Crippen LogP contribution < -0.4 is 16.4 Å². The van der Waals surface area contributed by atoms with Crippen LogP contribution in [-0.2, 0) is 4.79 Å². The Bertz CT molecular complexity index is 549. The highest BCUT2D eigenvalue weighted by molar-refractivity contribution is 6.31. The van der Waals surface area contributed by atoms with Crippen molar-refractivity contribution in [1.82, 2.24) is 0 Å². The van der Waals surface area contributed by atoms with Crippen LogP contribution in [0.25, 0.3) is 0 Å². The van der Waals surface area contributed by atoms with Crippen LogP contribution in [0.15, 0.2) is 18.2 Å². The Morgan fingerprint density at radius 2 is 2.11 bits per heavy atom. The minimum Gasteiger partial charge on any atom is -0.480 e. The van der Waals surface area contributed by atoms with Gasteiger partial charge in [0, 0.05) is 23.8 Å². The van der Waals surface area contributed by atoms with Gasteiger partial charge >= 0.3 is 5.97 Å². The van der Waals surface area contributed by atoms with Crippen LogP contribution in [0.1, 0.15) is 16.8 Å². The molecule has 1 fully saturated rings. The molecule has 5 N–H and O–H groups in total. The van der Waals surface area contributed by atoms with Gasteiger partial charge in [0.25, 0.3) is 5.91 Å². The Kier molecular flexibility index (Phi) is 3.38. The quantitative estimate of drug-likeness (QED) is 0.745. The average Bonchev–Trinajstić information content (AvgIpc) is 2.73. The monoisotopic (exact) mass is 283 g/mol. The lowest BCUT2D eigenvalue weighted by molar-refractivity contribution is -0.142. The number of benzene rings is 1. The maximum Gasteiger partial charge on any atom is 0.325 e. The number of carboxylic acids is 1. The molecule has 1 aliphatic rings. The zero-order valence-corrected chi connectivity index (χ0v) is 10.9. The summed E-state index contributed by atoms with van der Waals surface area (Å²) in [6.07, 6.45) is 0.309. The van der Waals surface area contributed by atoms with E-state index < -0.39 is 17.4 Å². The number of hydrogen-bond acceptors (Lipinski definition) is 4.